The summed E-state index contributed by atoms with van der Waals surface area (Å²) in [6, 6.07) is 7.14. The van der Waals surface area contributed by atoms with E-state index in [1.54, 1.807) is 0 Å². The van der Waals surface area contributed by atoms with Gasteiger partial charge in [-0.1, -0.05) is 30.3 Å². The van der Waals surface area contributed by atoms with E-state index >= 15 is 0 Å². The van der Waals surface area contributed by atoms with Crippen molar-refractivity contribution in [1.82, 2.24) is 10.6 Å². The second-order valence-corrected chi connectivity index (χ2v) is 6.66. The molecule has 0 radical (unpaired) electrons. The van der Waals surface area contributed by atoms with Crippen LogP contribution in [0.5, 0.6) is 0 Å². The van der Waals surface area contributed by atoms with Gasteiger partial charge in [0.25, 0.3) is 0 Å². The Morgan fingerprint density at radius 2 is 1.88 bits per heavy atom. The van der Waals surface area contributed by atoms with Crippen molar-refractivity contribution in [2.45, 2.75) is 51.1 Å². The lowest BCUT2D eigenvalue weighted by molar-refractivity contribution is -0.144. The van der Waals surface area contributed by atoms with Crippen molar-refractivity contribution >= 4 is 23.6 Å². The van der Waals surface area contributed by atoms with Gasteiger partial charge in [0.15, 0.2) is 0 Å². The third-order valence-electron chi connectivity index (χ3n) is 4.53. The van der Waals surface area contributed by atoms with E-state index < -0.39 is 29.9 Å². The van der Waals surface area contributed by atoms with E-state index in [9.17, 15) is 24.3 Å². The van der Waals surface area contributed by atoms with Gasteiger partial charge < -0.3 is 15.7 Å². The van der Waals surface area contributed by atoms with Gasteiger partial charge in [-0.05, 0) is 24.3 Å². The fourth-order valence-electron chi connectivity index (χ4n) is 3.28. The molecule has 1 aromatic carbocycles. The fraction of sp³-hybridized carbons (Fsp3) is 0.474. The van der Waals surface area contributed by atoms with Gasteiger partial charge in [0.2, 0.25) is 11.8 Å². The number of carboxylic acid groups (broad SMARTS) is 1. The Balaban J connectivity index is 2.10. The van der Waals surface area contributed by atoms with Gasteiger partial charge in [-0.3, -0.25) is 14.4 Å². The van der Waals surface area contributed by atoms with Gasteiger partial charge in [-0.15, -0.1) is 0 Å². The van der Waals surface area contributed by atoms with Crippen LogP contribution < -0.4 is 10.6 Å². The lowest BCUT2D eigenvalue weighted by Crippen LogP contribution is -2.54. The summed E-state index contributed by atoms with van der Waals surface area (Å²) in [6.07, 6.45) is 2.07. The van der Waals surface area contributed by atoms with Gasteiger partial charge in [0, 0.05) is 26.2 Å². The van der Waals surface area contributed by atoms with Crippen LogP contribution in [0.4, 0.5) is 0 Å². The molecule has 7 heteroatoms. The molecule has 3 N–H and O–H groups in total. The Morgan fingerprint density at radius 1 is 1.19 bits per heavy atom. The molecular formula is C19H24N2O5. The molecule has 0 aromatic heterocycles. The summed E-state index contributed by atoms with van der Waals surface area (Å²) in [6.45, 7) is 1.31. The first-order valence-electron chi connectivity index (χ1n) is 8.72. The third kappa shape index (κ3) is 5.68. The largest absolute Gasteiger partial charge is 0.480 e. The molecule has 1 fully saturated rings. The topological polar surface area (TPSA) is 113 Å². The molecule has 0 saturated heterocycles. The molecule has 3 atom stereocenters. The zero-order valence-corrected chi connectivity index (χ0v) is 14.7. The van der Waals surface area contributed by atoms with Crippen LogP contribution in [0.15, 0.2) is 30.3 Å². The lowest BCUT2D eigenvalue weighted by Gasteiger charge is -2.29. The zero-order chi connectivity index (χ0) is 19.1. The molecule has 0 spiro atoms. The van der Waals surface area contributed by atoms with Gasteiger partial charge >= 0.3 is 5.97 Å². The first-order chi connectivity index (χ1) is 12.4. The summed E-state index contributed by atoms with van der Waals surface area (Å²) in [7, 11) is 0. The smallest absolute Gasteiger partial charge is 0.326 e. The maximum absolute atomic E-state index is 12.6. The number of benzene rings is 1. The van der Waals surface area contributed by atoms with E-state index in [1.807, 2.05) is 30.3 Å². The number of carboxylic acids is 1. The van der Waals surface area contributed by atoms with Gasteiger partial charge in [0.05, 0.1) is 0 Å². The fourth-order valence-corrected chi connectivity index (χ4v) is 3.28. The quantitative estimate of drug-likeness (QED) is 0.673. The van der Waals surface area contributed by atoms with Crippen molar-refractivity contribution in [3.05, 3.63) is 35.9 Å². The standard InChI is InChI=1S/C19H24N2O5/c1-12(22)20-16(10-13-6-3-2-4-7-13)18(24)21-17(19(25)26)14-8-5-9-15(23)11-14/h2-4,6-7,14,16-17H,5,8-11H2,1H3,(H,20,22)(H,21,24)(H,25,26)/t14-,16+,17-/m0/s1. The SMILES string of the molecule is CC(=O)N[C@H](Cc1ccccc1)C(=O)N[C@H](C(=O)O)[C@H]1CCCC(=O)C1. The molecule has 0 bridgehead atoms. The lowest BCUT2D eigenvalue weighted by atomic mass is 9.83. The van der Waals surface area contributed by atoms with Gasteiger partial charge in [0.1, 0.15) is 17.9 Å². The minimum Gasteiger partial charge on any atom is -0.480 e. The average Bonchev–Trinajstić information content (AvgIpc) is 2.59. The average molecular weight is 360 g/mol. The molecule has 26 heavy (non-hydrogen) atoms. The van der Waals surface area contributed by atoms with Crippen molar-refractivity contribution < 1.29 is 24.3 Å². The first kappa shape index (κ1) is 19.6. The summed E-state index contributed by atoms with van der Waals surface area (Å²) in [5.74, 6) is -2.51. The summed E-state index contributed by atoms with van der Waals surface area (Å²) in [5.41, 5.74) is 0.848. The third-order valence-corrected chi connectivity index (χ3v) is 4.53. The van der Waals surface area contributed by atoms with Crippen molar-refractivity contribution in [3.63, 3.8) is 0 Å². The number of carbonyl (C=O) groups is 4. The number of carbonyl (C=O) groups excluding carboxylic acids is 3. The number of nitrogens with one attached hydrogen (secondary N) is 2. The number of aliphatic carboxylic acids is 1. The monoisotopic (exact) mass is 360 g/mol. The van der Waals surface area contributed by atoms with E-state index in [4.69, 9.17) is 0 Å². The molecule has 1 aliphatic rings. The van der Waals surface area contributed by atoms with Crippen LogP contribution in [0, 0.1) is 5.92 Å². The van der Waals surface area contributed by atoms with Crippen LogP contribution in [-0.2, 0) is 25.6 Å². The minimum absolute atomic E-state index is 0.0180. The van der Waals surface area contributed by atoms with Gasteiger partial charge in [-0.2, -0.15) is 0 Å². The highest BCUT2D eigenvalue weighted by atomic mass is 16.4. The van der Waals surface area contributed by atoms with Crippen LogP contribution in [0.2, 0.25) is 0 Å². The Kier molecular flexibility index (Phi) is 6.89. The maximum atomic E-state index is 12.6. The van der Waals surface area contributed by atoms with Gasteiger partial charge in [-0.25, -0.2) is 4.79 Å². The van der Waals surface area contributed by atoms with E-state index in [-0.39, 0.29) is 24.5 Å². The van der Waals surface area contributed by atoms with Crippen molar-refractivity contribution in [1.29, 1.82) is 0 Å². The predicted molar refractivity (Wildman–Crippen MR) is 94.3 cm³/mol. The zero-order valence-electron chi connectivity index (χ0n) is 14.7. The van der Waals surface area contributed by atoms with Crippen LogP contribution in [0.3, 0.4) is 0 Å². The highest BCUT2D eigenvalue weighted by Gasteiger charge is 2.35. The molecule has 0 heterocycles. The number of hydrogen-bond donors (Lipinski definition) is 3. The highest BCUT2D eigenvalue weighted by molar-refractivity contribution is 5.90. The highest BCUT2D eigenvalue weighted by Crippen LogP contribution is 2.24. The van der Waals surface area contributed by atoms with E-state index in [0.717, 1.165) is 5.56 Å². The molecule has 0 aliphatic heterocycles. The second kappa shape index (κ2) is 9.12. The van der Waals surface area contributed by atoms with E-state index in [1.165, 1.54) is 6.92 Å². The van der Waals surface area contributed by atoms with Crippen LogP contribution in [-0.4, -0.2) is 40.8 Å². The number of amides is 2. The van der Waals surface area contributed by atoms with Crippen LogP contribution in [0.25, 0.3) is 0 Å². The summed E-state index contributed by atoms with van der Waals surface area (Å²) >= 11 is 0. The summed E-state index contributed by atoms with van der Waals surface area (Å²) < 4.78 is 0. The molecule has 140 valence electrons. The van der Waals surface area contributed by atoms with Crippen LogP contribution in [0.1, 0.15) is 38.2 Å². The Labute approximate surface area is 152 Å². The molecule has 7 nitrogen and oxygen atoms in total. The molecule has 2 rings (SSSR count). The summed E-state index contributed by atoms with van der Waals surface area (Å²) in [5, 5.41) is 14.6. The number of Topliss-reactive ketones (excluding diaryl/α,β-unsaturated/α-hetero) is 1. The van der Waals surface area contributed by atoms with E-state index in [2.05, 4.69) is 10.6 Å². The molecule has 0 unspecified atom stereocenters. The molecule has 1 aromatic rings. The van der Waals surface area contributed by atoms with Crippen molar-refractivity contribution in [2.75, 3.05) is 0 Å². The van der Waals surface area contributed by atoms with Crippen molar-refractivity contribution in [2.24, 2.45) is 5.92 Å². The van der Waals surface area contributed by atoms with Crippen LogP contribution >= 0.6 is 0 Å². The number of ketones is 1. The van der Waals surface area contributed by atoms with Crippen molar-refractivity contribution in [3.8, 4) is 0 Å². The van der Waals surface area contributed by atoms with E-state index in [0.29, 0.717) is 19.3 Å². The second-order valence-electron chi connectivity index (χ2n) is 6.66. The molecule has 1 aliphatic carbocycles. The first-order valence-corrected chi connectivity index (χ1v) is 8.72. The summed E-state index contributed by atoms with van der Waals surface area (Å²) in [4.78, 5) is 47.4. The molecule has 2 amide bonds. The Hall–Kier alpha value is -2.70. The Morgan fingerprint density at radius 3 is 2.46 bits per heavy atom. The maximum Gasteiger partial charge on any atom is 0.326 e. The normalized spacial score (nSPS) is 19.3. The molecule has 1 saturated carbocycles. The number of rotatable bonds is 7. The molecular weight excluding hydrogens is 336 g/mol. The Bertz CT molecular complexity index is 674. The minimum atomic E-state index is -1.17. The predicted octanol–water partition coefficient (Wildman–Crippen LogP) is 1.06. The number of hydrogen-bond acceptors (Lipinski definition) is 4.